The van der Waals surface area contributed by atoms with Gasteiger partial charge in [0.25, 0.3) is 0 Å². The lowest BCUT2D eigenvalue weighted by molar-refractivity contribution is -0.124. The van der Waals surface area contributed by atoms with Crippen molar-refractivity contribution in [2.45, 2.75) is 71.1 Å². The molecule has 3 N–H and O–H groups in total. The molecule has 0 atom stereocenters. The van der Waals surface area contributed by atoms with Crippen LogP contribution in [-0.2, 0) is 4.79 Å². The molecule has 4 saturated carbocycles. The summed E-state index contributed by atoms with van der Waals surface area (Å²) in [5.74, 6) is 3.70. The molecule has 4 aliphatic rings. The highest BCUT2D eigenvalue weighted by molar-refractivity contribution is 6.01. The summed E-state index contributed by atoms with van der Waals surface area (Å²) in [5.41, 5.74) is 2.07. The van der Waals surface area contributed by atoms with Gasteiger partial charge in [-0.3, -0.25) is 4.79 Å². The van der Waals surface area contributed by atoms with E-state index < -0.39 is 0 Å². The third-order valence-corrected chi connectivity index (χ3v) is 8.27. The second-order valence-electron chi connectivity index (χ2n) is 11.1. The average molecular weight is 449 g/mol. The Morgan fingerprint density at radius 1 is 0.970 bits per heavy atom. The van der Waals surface area contributed by atoms with Crippen LogP contribution in [0.2, 0.25) is 0 Å². The first-order valence-electron chi connectivity index (χ1n) is 13.3. The molecule has 1 aromatic carbocycles. The first-order valence-corrected chi connectivity index (χ1v) is 13.3. The van der Waals surface area contributed by atoms with Crippen molar-refractivity contribution in [2.75, 3.05) is 30.3 Å². The minimum atomic E-state index is 0.181. The molecular formula is C28H40N4O. The summed E-state index contributed by atoms with van der Waals surface area (Å²) >= 11 is 0. The van der Waals surface area contributed by atoms with Crippen LogP contribution in [0.25, 0.3) is 10.9 Å². The SMILES string of the molecule is CCCCCNCCNc1ccc2c(NC(=O)CC34CC5CC(CC(C5)C3)C4)cccc2n1. The maximum Gasteiger partial charge on any atom is 0.224 e. The van der Waals surface area contributed by atoms with Crippen LogP contribution in [0.1, 0.15) is 71.1 Å². The molecule has 0 spiro atoms. The molecule has 4 bridgehead atoms. The molecule has 0 unspecified atom stereocenters. The molecule has 5 nitrogen and oxygen atoms in total. The second kappa shape index (κ2) is 10.0. The smallest absolute Gasteiger partial charge is 0.224 e. The largest absolute Gasteiger partial charge is 0.369 e. The summed E-state index contributed by atoms with van der Waals surface area (Å²) in [6.07, 6.45) is 12.5. The summed E-state index contributed by atoms with van der Waals surface area (Å²) in [4.78, 5) is 17.9. The summed E-state index contributed by atoms with van der Waals surface area (Å²) < 4.78 is 0. The Morgan fingerprint density at radius 3 is 2.45 bits per heavy atom. The highest BCUT2D eigenvalue weighted by atomic mass is 16.1. The third kappa shape index (κ3) is 5.34. The predicted octanol–water partition coefficient (Wildman–Crippen LogP) is 5.97. The molecule has 0 radical (unpaired) electrons. The van der Waals surface area contributed by atoms with E-state index in [-0.39, 0.29) is 11.3 Å². The molecule has 1 amide bonds. The van der Waals surface area contributed by atoms with Crippen molar-refractivity contribution in [3.05, 3.63) is 30.3 Å². The van der Waals surface area contributed by atoms with Gasteiger partial charge >= 0.3 is 0 Å². The van der Waals surface area contributed by atoms with Crippen LogP contribution in [0.15, 0.2) is 30.3 Å². The van der Waals surface area contributed by atoms with E-state index in [1.807, 2.05) is 24.3 Å². The Hall–Kier alpha value is -2.14. The lowest BCUT2D eigenvalue weighted by atomic mass is 9.49. The fraction of sp³-hybridized carbons (Fsp3) is 0.643. The quantitative estimate of drug-likeness (QED) is 0.370. The monoisotopic (exact) mass is 448 g/mol. The van der Waals surface area contributed by atoms with Crippen LogP contribution in [0, 0.1) is 23.2 Å². The lowest BCUT2D eigenvalue weighted by Gasteiger charge is -2.56. The number of benzene rings is 1. The number of amides is 1. The maximum absolute atomic E-state index is 13.1. The number of nitrogens with zero attached hydrogens (tertiary/aromatic N) is 1. The van der Waals surface area contributed by atoms with E-state index in [0.29, 0.717) is 6.42 Å². The fourth-order valence-corrected chi connectivity index (χ4v) is 7.31. The van der Waals surface area contributed by atoms with Crippen LogP contribution < -0.4 is 16.0 Å². The van der Waals surface area contributed by atoms with Crippen molar-refractivity contribution in [3.63, 3.8) is 0 Å². The van der Waals surface area contributed by atoms with Crippen molar-refractivity contribution in [1.82, 2.24) is 10.3 Å². The molecule has 1 heterocycles. The van der Waals surface area contributed by atoms with E-state index in [9.17, 15) is 4.79 Å². The molecule has 2 aromatic rings. The van der Waals surface area contributed by atoms with Gasteiger partial charge in [0.15, 0.2) is 0 Å². The van der Waals surface area contributed by atoms with E-state index in [4.69, 9.17) is 4.98 Å². The highest BCUT2D eigenvalue weighted by Crippen LogP contribution is 2.61. The van der Waals surface area contributed by atoms with E-state index in [1.165, 1.54) is 57.8 Å². The average Bonchev–Trinajstić information content (AvgIpc) is 2.77. The van der Waals surface area contributed by atoms with Crippen molar-refractivity contribution >= 4 is 28.3 Å². The van der Waals surface area contributed by atoms with Crippen LogP contribution in [-0.4, -0.2) is 30.5 Å². The van der Waals surface area contributed by atoms with Crippen LogP contribution in [0.4, 0.5) is 11.5 Å². The third-order valence-electron chi connectivity index (χ3n) is 8.27. The zero-order valence-corrected chi connectivity index (χ0v) is 20.2. The standard InChI is InChI=1S/C28H40N4O/c1-2-3-4-10-29-11-12-30-26-9-8-23-24(31-26)6-5-7-25(23)32-27(33)19-28-16-20-13-21(17-28)15-22(14-20)18-28/h5-9,20-22,29H,2-4,10-19H2,1H3,(H,30,31)(H,32,33). The predicted molar refractivity (Wildman–Crippen MR) is 136 cm³/mol. The molecule has 4 aliphatic carbocycles. The number of carbonyl (C=O) groups excluding carboxylic acids is 1. The Balaban J connectivity index is 1.17. The molecule has 178 valence electrons. The number of carbonyl (C=O) groups is 1. The summed E-state index contributed by atoms with van der Waals surface area (Å²) in [6, 6.07) is 10.1. The first-order chi connectivity index (χ1) is 16.1. The van der Waals surface area contributed by atoms with Gasteiger partial charge < -0.3 is 16.0 Å². The van der Waals surface area contributed by atoms with Crippen LogP contribution in [0.3, 0.4) is 0 Å². The minimum Gasteiger partial charge on any atom is -0.369 e. The van der Waals surface area contributed by atoms with Crippen LogP contribution >= 0.6 is 0 Å². The van der Waals surface area contributed by atoms with Gasteiger partial charge in [0.2, 0.25) is 5.91 Å². The Bertz CT molecular complexity index is 936. The number of aromatic nitrogens is 1. The number of hydrogen-bond donors (Lipinski definition) is 3. The van der Waals surface area contributed by atoms with Gasteiger partial charge in [-0.05, 0) is 98.9 Å². The lowest BCUT2D eigenvalue weighted by Crippen LogP contribution is -2.47. The molecule has 1 aromatic heterocycles. The van der Waals surface area contributed by atoms with Gasteiger partial charge in [-0.1, -0.05) is 25.8 Å². The second-order valence-corrected chi connectivity index (χ2v) is 11.1. The number of anilines is 2. The van der Waals surface area contributed by atoms with Crippen molar-refractivity contribution in [1.29, 1.82) is 0 Å². The molecule has 5 heteroatoms. The molecule has 4 fully saturated rings. The Labute approximate surface area is 198 Å². The first kappa shape index (κ1) is 22.6. The zero-order chi connectivity index (χ0) is 22.7. The summed E-state index contributed by atoms with van der Waals surface area (Å²) in [6.45, 7) is 5.09. The fourth-order valence-electron chi connectivity index (χ4n) is 7.31. The van der Waals surface area contributed by atoms with Crippen molar-refractivity contribution in [3.8, 4) is 0 Å². The van der Waals surface area contributed by atoms with Gasteiger partial charge in [-0.25, -0.2) is 4.98 Å². The Morgan fingerprint density at radius 2 is 1.73 bits per heavy atom. The number of pyridine rings is 1. The number of fused-ring (bicyclic) bond motifs is 1. The van der Waals surface area contributed by atoms with Gasteiger partial charge in [-0.15, -0.1) is 0 Å². The summed E-state index contributed by atoms with van der Waals surface area (Å²) in [7, 11) is 0. The number of hydrogen-bond acceptors (Lipinski definition) is 4. The normalized spacial score (nSPS) is 27.7. The summed E-state index contributed by atoms with van der Waals surface area (Å²) in [5, 5.41) is 11.1. The van der Waals surface area contributed by atoms with Gasteiger partial charge in [-0.2, -0.15) is 0 Å². The molecule has 6 rings (SSSR count). The zero-order valence-electron chi connectivity index (χ0n) is 20.2. The van der Waals surface area contributed by atoms with Crippen LogP contribution in [0.5, 0.6) is 0 Å². The van der Waals surface area contributed by atoms with Gasteiger partial charge in [0, 0.05) is 24.9 Å². The van der Waals surface area contributed by atoms with Gasteiger partial charge in [0.1, 0.15) is 5.82 Å². The van der Waals surface area contributed by atoms with Crippen molar-refractivity contribution in [2.24, 2.45) is 23.2 Å². The Kier molecular flexibility index (Phi) is 6.86. The topological polar surface area (TPSA) is 66.0 Å². The number of unbranched alkanes of at least 4 members (excludes halogenated alkanes) is 2. The molecule has 33 heavy (non-hydrogen) atoms. The minimum absolute atomic E-state index is 0.181. The maximum atomic E-state index is 13.1. The van der Waals surface area contributed by atoms with Gasteiger partial charge in [0.05, 0.1) is 11.2 Å². The van der Waals surface area contributed by atoms with E-state index >= 15 is 0 Å². The van der Waals surface area contributed by atoms with Crippen molar-refractivity contribution < 1.29 is 4.79 Å². The van der Waals surface area contributed by atoms with E-state index in [1.54, 1.807) is 0 Å². The van der Waals surface area contributed by atoms with E-state index in [2.05, 4.69) is 28.9 Å². The number of rotatable bonds is 11. The molecule has 0 aliphatic heterocycles. The molecule has 0 saturated heterocycles. The highest BCUT2D eigenvalue weighted by Gasteiger charge is 2.51. The molecular weight excluding hydrogens is 408 g/mol. The van der Waals surface area contributed by atoms with E-state index in [0.717, 1.165) is 59.8 Å². The number of nitrogens with one attached hydrogen (secondary N) is 3.